The van der Waals surface area contributed by atoms with Crippen molar-refractivity contribution in [3.63, 3.8) is 0 Å². The van der Waals surface area contributed by atoms with Crippen molar-refractivity contribution in [1.29, 1.82) is 0 Å². The maximum atomic E-state index is 11.8. The van der Waals surface area contributed by atoms with Gasteiger partial charge in [-0.05, 0) is 30.3 Å². The predicted octanol–water partition coefficient (Wildman–Crippen LogP) is 2.75. The van der Waals surface area contributed by atoms with Gasteiger partial charge in [0.25, 0.3) is 5.91 Å². The van der Waals surface area contributed by atoms with Crippen LogP contribution < -0.4 is 5.43 Å². The summed E-state index contributed by atoms with van der Waals surface area (Å²) in [7, 11) is 0. The van der Waals surface area contributed by atoms with Crippen molar-refractivity contribution < 1.29 is 9.90 Å². The van der Waals surface area contributed by atoms with Gasteiger partial charge in [-0.1, -0.05) is 11.6 Å². The number of phenols is 1. The quantitative estimate of drug-likeness (QED) is 0.572. The van der Waals surface area contributed by atoms with Crippen LogP contribution in [0.5, 0.6) is 5.75 Å². The molecule has 0 bridgehead atoms. The Morgan fingerprint density at radius 3 is 2.83 bits per heavy atom. The molecule has 0 spiro atoms. The van der Waals surface area contributed by atoms with E-state index in [0.717, 1.165) is 0 Å². The molecule has 7 heteroatoms. The third-order valence-corrected chi connectivity index (χ3v) is 3.47. The Hall–Kier alpha value is -2.99. The fraction of sp³-hybridized carbons (Fsp3) is 0. The van der Waals surface area contributed by atoms with Gasteiger partial charge in [-0.25, -0.2) is 5.43 Å². The number of amides is 1. The van der Waals surface area contributed by atoms with E-state index in [0.29, 0.717) is 27.1 Å². The van der Waals surface area contributed by atoms with Crippen LogP contribution >= 0.6 is 11.6 Å². The average Bonchev–Trinajstić information content (AvgIpc) is 2.60. The minimum absolute atomic E-state index is 0.0492. The van der Waals surface area contributed by atoms with Gasteiger partial charge in [-0.2, -0.15) is 5.10 Å². The highest BCUT2D eigenvalue weighted by Gasteiger charge is 2.10. The van der Waals surface area contributed by atoms with E-state index in [4.69, 9.17) is 11.6 Å². The second kappa shape index (κ2) is 6.41. The summed E-state index contributed by atoms with van der Waals surface area (Å²) in [4.78, 5) is 19.8. The zero-order valence-corrected chi connectivity index (χ0v) is 12.5. The van der Waals surface area contributed by atoms with Gasteiger partial charge in [0.2, 0.25) is 0 Å². The third-order valence-electron chi connectivity index (χ3n) is 3.16. The number of pyridine rings is 2. The standard InChI is InChI=1S/C16H11ClN4O2/c17-13-8-11(15(22)14-12(13)2-1-5-19-14)9-20-21-16(23)10-3-6-18-7-4-10/h1-9,22H,(H,21,23)/b20-9-. The van der Waals surface area contributed by atoms with Crippen molar-refractivity contribution in [3.05, 3.63) is 65.1 Å². The number of halogens is 1. The lowest BCUT2D eigenvalue weighted by molar-refractivity contribution is 0.0955. The van der Waals surface area contributed by atoms with Crippen LogP contribution in [0.25, 0.3) is 10.9 Å². The Kier molecular flexibility index (Phi) is 4.16. The number of hydrogen-bond acceptors (Lipinski definition) is 5. The second-order valence-corrected chi connectivity index (χ2v) is 5.04. The Morgan fingerprint density at radius 1 is 1.26 bits per heavy atom. The lowest BCUT2D eigenvalue weighted by Gasteiger charge is -2.05. The van der Waals surface area contributed by atoms with Crippen molar-refractivity contribution in [2.24, 2.45) is 5.10 Å². The molecule has 0 unspecified atom stereocenters. The molecule has 0 aliphatic heterocycles. The van der Waals surface area contributed by atoms with E-state index in [1.54, 1.807) is 36.5 Å². The average molecular weight is 327 g/mol. The highest BCUT2D eigenvalue weighted by atomic mass is 35.5. The van der Waals surface area contributed by atoms with Crippen molar-refractivity contribution in [2.75, 3.05) is 0 Å². The summed E-state index contributed by atoms with van der Waals surface area (Å²) in [5.41, 5.74) is 3.53. The van der Waals surface area contributed by atoms with Crippen LogP contribution in [0, 0.1) is 0 Å². The fourth-order valence-corrected chi connectivity index (χ4v) is 2.30. The maximum absolute atomic E-state index is 11.8. The van der Waals surface area contributed by atoms with E-state index in [2.05, 4.69) is 20.5 Å². The molecule has 114 valence electrons. The molecule has 3 aromatic rings. The normalized spacial score (nSPS) is 11.0. The number of hydrogen-bond donors (Lipinski definition) is 2. The summed E-state index contributed by atoms with van der Waals surface area (Å²) in [5, 5.41) is 15.1. The predicted molar refractivity (Wildman–Crippen MR) is 87.7 cm³/mol. The number of carbonyl (C=O) groups excluding carboxylic acids is 1. The van der Waals surface area contributed by atoms with Gasteiger partial charge in [-0.15, -0.1) is 0 Å². The molecule has 2 aromatic heterocycles. The number of hydrazone groups is 1. The van der Waals surface area contributed by atoms with Crippen LogP contribution in [0.2, 0.25) is 5.02 Å². The molecule has 2 N–H and O–H groups in total. The smallest absolute Gasteiger partial charge is 0.271 e. The highest BCUT2D eigenvalue weighted by molar-refractivity contribution is 6.36. The largest absolute Gasteiger partial charge is 0.505 e. The summed E-state index contributed by atoms with van der Waals surface area (Å²) in [5.74, 6) is -0.430. The molecule has 2 heterocycles. The van der Waals surface area contributed by atoms with E-state index in [1.807, 2.05) is 0 Å². The first kappa shape index (κ1) is 14.9. The van der Waals surface area contributed by atoms with Crippen molar-refractivity contribution >= 4 is 34.6 Å². The van der Waals surface area contributed by atoms with Crippen LogP contribution in [0.15, 0.2) is 54.0 Å². The van der Waals surface area contributed by atoms with E-state index in [9.17, 15) is 9.90 Å². The Bertz CT molecular complexity index is 897. The maximum Gasteiger partial charge on any atom is 0.271 e. The monoisotopic (exact) mass is 326 g/mol. The summed E-state index contributed by atoms with van der Waals surface area (Å²) in [6.07, 6.45) is 5.90. The molecular formula is C16H11ClN4O2. The van der Waals surface area contributed by atoms with Gasteiger partial charge in [0.05, 0.1) is 11.2 Å². The minimum Gasteiger partial charge on any atom is -0.505 e. The molecule has 0 radical (unpaired) electrons. The van der Waals surface area contributed by atoms with Crippen LogP contribution in [0.4, 0.5) is 0 Å². The van der Waals surface area contributed by atoms with Gasteiger partial charge >= 0.3 is 0 Å². The molecule has 6 nitrogen and oxygen atoms in total. The summed E-state index contributed by atoms with van der Waals surface area (Å²) in [6.45, 7) is 0. The van der Waals surface area contributed by atoms with E-state index >= 15 is 0 Å². The lowest BCUT2D eigenvalue weighted by atomic mass is 10.1. The van der Waals surface area contributed by atoms with Crippen LogP contribution in [-0.2, 0) is 0 Å². The highest BCUT2D eigenvalue weighted by Crippen LogP contribution is 2.31. The molecule has 0 fully saturated rings. The first-order valence-electron chi connectivity index (χ1n) is 6.66. The number of nitrogens with zero attached hydrogens (tertiary/aromatic N) is 3. The third kappa shape index (κ3) is 3.12. The molecule has 23 heavy (non-hydrogen) atoms. The number of aromatic nitrogens is 2. The zero-order valence-electron chi connectivity index (χ0n) is 11.8. The molecule has 3 rings (SSSR count). The number of benzene rings is 1. The molecule has 0 aliphatic rings. The summed E-state index contributed by atoms with van der Waals surface area (Å²) in [6, 6.07) is 8.19. The van der Waals surface area contributed by atoms with Crippen LogP contribution in [0.1, 0.15) is 15.9 Å². The number of nitrogens with one attached hydrogen (secondary N) is 1. The SMILES string of the molecule is O=C(N/N=C\c1cc(Cl)c2cccnc2c1O)c1ccncc1. The van der Waals surface area contributed by atoms with E-state index < -0.39 is 0 Å². The minimum atomic E-state index is -0.381. The van der Waals surface area contributed by atoms with Gasteiger partial charge in [0.1, 0.15) is 5.52 Å². The fourth-order valence-electron chi connectivity index (χ4n) is 2.03. The van der Waals surface area contributed by atoms with Crippen LogP contribution in [0.3, 0.4) is 0 Å². The van der Waals surface area contributed by atoms with Crippen molar-refractivity contribution in [3.8, 4) is 5.75 Å². The van der Waals surface area contributed by atoms with E-state index in [-0.39, 0.29) is 11.7 Å². The van der Waals surface area contributed by atoms with Crippen LogP contribution in [-0.4, -0.2) is 27.2 Å². The van der Waals surface area contributed by atoms with Gasteiger partial charge < -0.3 is 5.11 Å². The molecule has 0 atom stereocenters. The first-order chi connectivity index (χ1) is 11.2. The number of rotatable bonds is 3. The molecule has 0 saturated carbocycles. The van der Waals surface area contributed by atoms with Gasteiger partial charge in [0, 0.05) is 35.1 Å². The number of phenolic OH excluding ortho intramolecular Hbond substituents is 1. The Labute approximate surface area is 136 Å². The van der Waals surface area contributed by atoms with Crippen molar-refractivity contribution in [1.82, 2.24) is 15.4 Å². The van der Waals surface area contributed by atoms with E-state index in [1.165, 1.54) is 18.6 Å². The second-order valence-electron chi connectivity index (χ2n) is 4.63. The Morgan fingerprint density at radius 2 is 2.04 bits per heavy atom. The topological polar surface area (TPSA) is 87.5 Å². The number of fused-ring (bicyclic) bond motifs is 1. The molecular weight excluding hydrogens is 316 g/mol. The molecule has 0 aliphatic carbocycles. The Balaban J connectivity index is 1.84. The molecule has 0 saturated heterocycles. The lowest BCUT2D eigenvalue weighted by Crippen LogP contribution is -2.17. The number of carbonyl (C=O) groups is 1. The van der Waals surface area contributed by atoms with Gasteiger partial charge in [0.15, 0.2) is 5.75 Å². The molecule has 1 aromatic carbocycles. The zero-order chi connectivity index (χ0) is 16.2. The first-order valence-corrected chi connectivity index (χ1v) is 7.04. The van der Waals surface area contributed by atoms with Crippen molar-refractivity contribution in [2.45, 2.75) is 0 Å². The van der Waals surface area contributed by atoms with Gasteiger partial charge in [-0.3, -0.25) is 14.8 Å². The summed E-state index contributed by atoms with van der Waals surface area (Å²) < 4.78 is 0. The molecule has 1 amide bonds. The number of aromatic hydroxyl groups is 1. The summed E-state index contributed by atoms with van der Waals surface area (Å²) >= 11 is 6.16.